The van der Waals surface area contributed by atoms with E-state index >= 15 is 0 Å². The molecular weight excluding hydrogens is 414 g/mol. The van der Waals surface area contributed by atoms with Crippen molar-refractivity contribution in [1.29, 1.82) is 0 Å². The Labute approximate surface area is 185 Å². The van der Waals surface area contributed by atoms with Crippen LogP contribution in [0.25, 0.3) is 11.3 Å². The zero-order valence-corrected chi connectivity index (χ0v) is 18.1. The second-order valence-corrected chi connectivity index (χ2v) is 8.02. The topological polar surface area (TPSA) is 87.7 Å². The highest BCUT2D eigenvalue weighted by Gasteiger charge is 2.41. The predicted octanol–water partition coefficient (Wildman–Crippen LogP) is 3.78. The van der Waals surface area contributed by atoms with Crippen LogP contribution in [-0.4, -0.2) is 52.0 Å². The van der Waals surface area contributed by atoms with E-state index in [0.717, 1.165) is 30.1 Å². The maximum atomic E-state index is 10.9. The van der Waals surface area contributed by atoms with E-state index in [-0.39, 0.29) is 17.8 Å². The summed E-state index contributed by atoms with van der Waals surface area (Å²) < 4.78 is 6.24. The molecule has 3 aromatic rings. The quantitative estimate of drug-likeness (QED) is 0.339. The van der Waals surface area contributed by atoms with Crippen molar-refractivity contribution in [3.63, 3.8) is 0 Å². The zero-order valence-electron chi connectivity index (χ0n) is 17.3. The van der Waals surface area contributed by atoms with E-state index in [1.807, 2.05) is 44.4 Å². The van der Waals surface area contributed by atoms with Gasteiger partial charge in [0.25, 0.3) is 5.69 Å². The van der Waals surface area contributed by atoms with E-state index in [1.54, 1.807) is 18.3 Å². The van der Waals surface area contributed by atoms with Crippen molar-refractivity contribution in [3.05, 3.63) is 82.4 Å². The fourth-order valence-corrected chi connectivity index (χ4v) is 4.01. The van der Waals surface area contributed by atoms with Crippen molar-refractivity contribution in [3.8, 4) is 11.3 Å². The van der Waals surface area contributed by atoms with E-state index in [9.17, 15) is 10.1 Å². The number of thiocarbonyl (C=S) groups is 1. The lowest BCUT2D eigenvalue weighted by Crippen LogP contribution is -2.35. The van der Waals surface area contributed by atoms with Crippen molar-refractivity contribution in [2.75, 3.05) is 27.2 Å². The highest BCUT2D eigenvalue weighted by molar-refractivity contribution is 7.80. The fourth-order valence-electron chi connectivity index (χ4n) is 3.68. The van der Waals surface area contributed by atoms with Gasteiger partial charge in [0.1, 0.15) is 17.6 Å². The molecule has 4 rings (SSSR count). The lowest BCUT2D eigenvalue weighted by Gasteiger charge is -2.27. The summed E-state index contributed by atoms with van der Waals surface area (Å²) in [4.78, 5) is 19.3. The lowest BCUT2D eigenvalue weighted by molar-refractivity contribution is -0.384. The zero-order chi connectivity index (χ0) is 22.0. The number of furan rings is 1. The number of likely N-dealkylation sites (N-methyl/N-ethyl adjacent to an activating group) is 1. The number of rotatable bonds is 7. The van der Waals surface area contributed by atoms with Gasteiger partial charge in [0.2, 0.25) is 0 Å². The smallest absolute Gasteiger partial charge is 0.269 e. The van der Waals surface area contributed by atoms with Crippen LogP contribution in [0.2, 0.25) is 0 Å². The van der Waals surface area contributed by atoms with Gasteiger partial charge >= 0.3 is 0 Å². The molecule has 0 amide bonds. The van der Waals surface area contributed by atoms with E-state index in [0.29, 0.717) is 10.9 Å². The highest BCUT2D eigenvalue weighted by Crippen LogP contribution is 2.40. The average Bonchev–Trinajstić information content (AvgIpc) is 3.37. The van der Waals surface area contributed by atoms with E-state index in [1.165, 1.54) is 12.1 Å². The molecule has 1 aliphatic rings. The van der Waals surface area contributed by atoms with Gasteiger partial charge in [0, 0.05) is 37.0 Å². The number of benzene rings is 1. The number of hydrogen-bond acceptors (Lipinski definition) is 6. The average molecular weight is 438 g/mol. The Morgan fingerprint density at radius 2 is 1.97 bits per heavy atom. The summed E-state index contributed by atoms with van der Waals surface area (Å²) in [7, 11) is 4.05. The molecule has 0 spiro atoms. The molecule has 0 bridgehead atoms. The number of nitro groups is 1. The summed E-state index contributed by atoms with van der Waals surface area (Å²) in [6.07, 6.45) is 1.77. The molecule has 0 saturated carbocycles. The van der Waals surface area contributed by atoms with Gasteiger partial charge in [0.05, 0.1) is 16.7 Å². The maximum absolute atomic E-state index is 10.9. The van der Waals surface area contributed by atoms with Crippen LogP contribution in [0.5, 0.6) is 0 Å². The Morgan fingerprint density at radius 3 is 2.61 bits per heavy atom. The molecule has 0 radical (unpaired) electrons. The van der Waals surface area contributed by atoms with Crippen LogP contribution in [0.3, 0.4) is 0 Å². The van der Waals surface area contributed by atoms with E-state index < -0.39 is 4.92 Å². The fraction of sp³-hybridized carbons (Fsp3) is 0.273. The van der Waals surface area contributed by atoms with Crippen LogP contribution in [0.1, 0.15) is 23.5 Å². The summed E-state index contributed by atoms with van der Waals surface area (Å²) in [5.41, 5.74) is 1.71. The SMILES string of the molecule is CN(C)CCN1C(=S)N[C@@H](c2ccccn2)[C@H]1c1ccc(-c2ccc([N+](=O)[O-])cc2)o1. The third-order valence-corrected chi connectivity index (χ3v) is 5.62. The molecule has 1 aromatic carbocycles. The molecule has 9 heteroatoms. The van der Waals surface area contributed by atoms with Crippen LogP contribution in [0.4, 0.5) is 5.69 Å². The Kier molecular flexibility index (Phi) is 5.97. The molecule has 1 saturated heterocycles. The molecular formula is C22H23N5O3S. The van der Waals surface area contributed by atoms with Crippen LogP contribution in [0.15, 0.2) is 65.2 Å². The largest absolute Gasteiger partial charge is 0.459 e. The number of pyridine rings is 1. The third-order valence-electron chi connectivity index (χ3n) is 5.27. The molecule has 8 nitrogen and oxygen atoms in total. The van der Waals surface area contributed by atoms with Crippen molar-refractivity contribution < 1.29 is 9.34 Å². The number of nitro benzene ring substituents is 1. The molecule has 1 fully saturated rings. The van der Waals surface area contributed by atoms with Gasteiger partial charge in [0.15, 0.2) is 5.11 Å². The summed E-state index contributed by atoms with van der Waals surface area (Å²) in [5.74, 6) is 1.41. The van der Waals surface area contributed by atoms with Crippen LogP contribution < -0.4 is 5.32 Å². The van der Waals surface area contributed by atoms with Gasteiger partial charge < -0.3 is 19.5 Å². The first-order chi connectivity index (χ1) is 14.9. The first kappa shape index (κ1) is 21.0. The second kappa shape index (κ2) is 8.83. The summed E-state index contributed by atoms with van der Waals surface area (Å²) in [5, 5.41) is 15.0. The molecule has 3 heterocycles. The minimum Gasteiger partial charge on any atom is -0.459 e. The normalized spacial score (nSPS) is 18.4. The predicted molar refractivity (Wildman–Crippen MR) is 122 cm³/mol. The molecule has 2 aromatic heterocycles. The Balaban J connectivity index is 1.67. The summed E-state index contributed by atoms with van der Waals surface area (Å²) in [6, 6.07) is 15.7. The van der Waals surface area contributed by atoms with Gasteiger partial charge in [-0.15, -0.1) is 0 Å². The standard InChI is InChI=1S/C22H23N5O3S/c1-25(2)13-14-26-21(20(24-22(26)31)17-5-3-4-12-23-17)19-11-10-18(30-19)15-6-8-16(9-7-15)27(28)29/h3-12,20-21H,13-14H2,1-2H3,(H,24,31)/t20-,21+/m0/s1. The van der Waals surface area contributed by atoms with Crippen molar-refractivity contribution >= 4 is 23.0 Å². The number of nitrogens with one attached hydrogen (secondary N) is 1. The molecule has 31 heavy (non-hydrogen) atoms. The highest BCUT2D eigenvalue weighted by atomic mass is 32.1. The Hall–Kier alpha value is -3.30. The molecule has 160 valence electrons. The monoisotopic (exact) mass is 437 g/mol. The first-order valence-corrected chi connectivity index (χ1v) is 10.3. The van der Waals surface area contributed by atoms with Crippen LogP contribution in [-0.2, 0) is 0 Å². The molecule has 1 aliphatic heterocycles. The van der Waals surface area contributed by atoms with E-state index in [4.69, 9.17) is 16.6 Å². The number of nitrogens with zero attached hydrogens (tertiary/aromatic N) is 4. The van der Waals surface area contributed by atoms with E-state index in [2.05, 4.69) is 20.1 Å². The minimum atomic E-state index is -0.414. The summed E-state index contributed by atoms with van der Waals surface area (Å²) >= 11 is 5.65. The van der Waals surface area contributed by atoms with Crippen molar-refractivity contribution in [2.45, 2.75) is 12.1 Å². The van der Waals surface area contributed by atoms with Crippen molar-refractivity contribution in [2.24, 2.45) is 0 Å². The van der Waals surface area contributed by atoms with Gasteiger partial charge in [-0.1, -0.05) is 6.07 Å². The van der Waals surface area contributed by atoms with Crippen LogP contribution >= 0.6 is 12.2 Å². The van der Waals surface area contributed by atoms with Gasteiger partial charge in [-0.3, -0.25) is 15.1 Å². The number of hydrogen-bond donors (Lipinski definition) is 1. The number of non-ortho nitro benzene ring substituents is 1. The lowest BCUT2D eigenvalue weighted by atomic mass is 10.0. The molecule has 1 N–H and O–H groups in total. The number of aromatic nitrogens is 1. The van der Waals surface area contributed by atoms with Gasteiger partial charge in [-0.2, -0.15) is 0 Å². The van der Waals surface area contributed by atoms with Crippen LogP contribution in [0, 0.1) is 10.1 Å². The summed E-state index contributed by atoms with van der Waals surface area (Å²) in [6.45, 7) is 1.57. The third kappa shape index (κ3) is 4.42. The Morgan fingerprint density at radius 1 is 1.19 bits per heavy atom. The van der Waals surface area contributed by atoms with Gasteiger partial charge in [-0.05, 0) is 62.7 Å². The van der Waals surface area contributed by atoms with Crippen molar-refractivity contribution in [1.82, 2.24) is 20.1 Å². The molecule has 2 atom stereocenters. The molecule has 0 aliphatic carbocycles. The second-order valence-electron chi connectivity index (χ2n) is 7.63. The minimum absolute atomic E-state index is 0.0472. The van der Waals surface area contributed by atoms with Gasteiger partial charge in [-0.25, -0.2) is 0 Å². The molecule has 0 unspecified atom stereocenters. The Bertz CT molecular complexity index is 1070. The first-order valence-electron chi connectivity index (χ1n) is 9.91. The maximum Gasteiger partial charge on any atom is 0.269 e.